The van der Waals surface area contributed by atoms with E-state index in [0.29, 0.717) is 18.5 Å². The van der Waals surface area contributed by atoms with Gasteiger partial charge in [0.25, 0.3) is 0 Å². The Balaban J connectivity index is 2.03. The Hall–Kier alpha value is -0.970. The molecule has 1 aromatic heterocycles. The topological polar surface area (TPSA) is 51.4 Å². The van der Waals surface area contributed by atoms with Gasteiger partial charge in [-0.15, -0.1) is 0 Å². The highest BCUT2D eigenvalue weighted by molar-refractivity contribution is 5.14. The second kappa shape index (κ2) is 6.83. The molecule has 100 valence electrons. The van der Waals surface area contributed by atoms with Crippen molar-refractivity contribution in [3.8, 4) is 0 Å². The lowest BCUT2D eigenvalue weighted by atomic mass is 9.96. The summed E-state index contributed by atoms with van der Waals surface area (Å²) in [4.78, 5) is 6.67. The van der Waals surface area contributed by atoms with E-state index in [2.05, 4.69) is 16.0 Å². The summed E-state index contributed by atoms with van der Waals surface area (Å²) in [6.07, 6.45) is 6.22. The summed E-state index contributed by atoms with van der Waals surface area (Å²) in [6.45, 7) is 3.69. The molecule has 0 saturated carbocycles. The molecule has 2 unspecified atom stereocenters. The predicted octanol–water partition coefficient (Wildman–Crippen LogP) is 1.44. The van der Waals surface area contributed by atoms with Crippen LogP contribution in [0.3, 0.4) is 0 Å². The summed E-state index contributed by atoms with van der Waals surface area (Å²) in [5.74, 6) is 0.634. The van der Waals surface area contributed by atoms with Crippen molar-refractivity contribution < 1.29 is 4.74 Å². The fourth-order valence-electron chi connectivity index (χ4n) is 2.82. The molecule has 2 atom stereocenters. The maximum absolute atomic E-state index is 5.95. The lowest BCUT2D eigenvalue weighted by molar-refractivity contribution is 0.0696. The third-order valence-corrected chi connectivity index (χ3v) is 3.69. The van der Waals surface area contributed by atoms with Crippen LogP contribution in [0.5, 0.6) is 0 Å². The molecule has 0 aliphatic carbocycles. The highest BCUT2D eigenvalue weighted by Crippen LogP contribution is 2.25. The van der Waals surface area contributed by atoms with Crippen LogP contribution in [-0.2, 0) is 4.74 Å². The van der Waals surface area contributed by atoms with E-state index in [1.807, 2.05) is 12.3 Å². The Labute approximate surface area is 109 Å². The van der Waals surface area contributed by atoms with Gasteiger partial charge in [-0.05, 0) is 36.9 Å². The van der Waals surface area contributed by atoms with Gasteiger partial charge in [0.1, 0.15) is 0 Å². The van der Waals surface area contributed by atoms with Gasteiger partial charge in [0.2, 0.25) is 0 Å². The summed E-state index contributed by atoms with van der Waals surface area (Å²) < 4.78 is 5.28. The second-order valence-electron chi connectivity index (χ2n) is 5.00. The number of nitrogens with two attached hydrogens (primary N) is 1. The maximum Gasteiger partial charge on any atom is 0.0502 e. The third-order valence-electron chi connectivity index (χ3n) is 3.69. The van der Waals surface area contributed by atoms with Crippen LogP contribution in [0, 0.1) is 5.92 Å². The molecule has 0 radical (unpaired) electrons. The van der Waals surface area contributed by atoms with Crippen LogP contribution in [-0.4, -0.2) is 43.2 Å². The Morgan fingerprint density at radius 3 is 3.17 bits per heavy atom. The molecule has 0 aromatic carbocycles. The van der Waals surface area contributed by atoms with E-state index in [1.54, 1.807) is 13.3 Å². The molecular formula is C14H23N3O. The van der Waals surface area contributed by atoms with Crippen molar-refractivity contribution in [3.63, 3.8) is 0 Å². The predicted molar refractivity (Wildman–Crippen MR) is 72.2 cm³/mol. The zero-order valence-electron chi connectivity index (χ0n) is 11.1. The minimum atomic E-state index is 0.290. The number of methoxy groups -OCH3 is 1. The number of piperidine rings is 1. The summed E-state index contributed by atoms with van der Waals surface area (Å²) in [5, 5.41) is 0. The normalized spacial score (nSPS) is 22.9. The standard InChI is InChI=1S/C14H23N3O/c1-18-11-12-4-3-7-17(10-12)14(8-15)13-5-2-6-16-9-13/h2,5-6,9,12,14H,3-4,7-8,10-11,15H2,1H3. The van der Waals surface area contributed by atoms with Gasteiger partial charge >= 0.3 is 0 Å². The van der Waals surface area contributed by atoms with Crippen molar-refractivity contribution in [1.29, 1.82) is 0 Å². The molecule has 18 heavy (non-hydrogen) atoms. The Kier molecular flexibility index (Phi) is 5.11. The number of pyridine rings is 1. The lowest BCUT2D eigenvalue weighted by Gasteiger charge is -2.37. The number of hydrogen-bond donors (Lipinski definition) is 1. The van der Waals surface area contributed by atoms with Crippen molar-refractivity contribution in [2.75, 3.05) is 33.4 Å². The fraction of sp³-hybridized carbons (Fsp3) is 0.643. The van der Waals surface area contributed by atoms with Crippen molar-refractivity contribution >= 4 is 0 Å². The average molecular weight is 249 g/mol. The molecule has 0 amide bonds. The highest BCUT2D eigenvalue weighted by Gasteiger charge is 2.26. The quantitative estimate of drug-likeness (QED) is 0.858. The molecule has 2 rings (SSSR count). The van der Waals surface area contributed by atoms with Gasteiger partial charge in [0.15, 0.2) is 0 Å². The molecule has 4 heteroatoms. The fourth-order valence-corrected chi connectivity index (χ4v) is 2.82. The first-order valence-electron chi connectivity index (χ1n) is 6.68. The van der Waals surface area contributed by atoms with Crippen molar-refractivity contribution in [1.82, 2.24) is 9.88 Å². The number of aromatic nitrogens is 1. The third kappa shape index (κ3) is 3.28. The molecule has 0 bridgehead atoms. The van der Waals surface area contributed by atoms with Crippen LogP contribution in [0.15, 0.2) is 24.5 Å². The van der Waals surface area contributed by atoms with Crippen LogP contribution in [0.25, 0.3) is 0 Å². The molecule has 1 fully saturated rings. The number of rotatable bonds is 5. The van der Waals surface area contributed by atoms with Gasteiger partial charge in [0, 0.05) is 38.6 Å². The van der Waals surface area contributed by atoms with Crippen LogP contribution >= 0.6 is 0 Å². The highest BCUT2D eigenvalue weighted by atomic mass is 16.5. The van der Waals surface area contributed by atoms with Gasteiger partial charge in [-0.25, -0.2) is 0 Å². The number of likely N-dealkylation sites (tertiary alicyclic amines) is 1. The molecule has 4 nitrogen and oxygen atoms in total. The molecule has 1 aliphatic heterocycles. The Bertz CT molecular complexity index is 342. The smallest absolute Gasteiger partial charge is 0.0502 e. The lowest BCUT2D eigenvalue weighted by Crippen LogP contribution is -2.42. The van der Waals surface area contributed by atoms with E-state index in [9.17, 15) is 0 Å². The van der Waals surface area contributed by atoms with Crippen LogP contribution in [0.4, 0.5) is 0 Å². The largest absolute Gasteiger partial charge is 0.384 e. The van der Waals surface area contributed by atoms with E-state index in [0.717, 1.165) is 19.7 Å². The van der Waals surface area contributed by atoms with Gasteiger partial charge in [0.05, 0.1) is 6.61 Å². The van der Waals surface area contributed by atoms with E-state index < -0.39 is 0 Å². The summed E-state index contributed by atoms with van der Waals surface area (Å²) in [6, 6.07) is 4.39. The first-order valence-corrected chi connectivity index (χ1v) is 6.68. The molecular weight excluding hydrogens is 226 g/mol. The van der Waals surface area contributed by atoms with Crippen LogP contribution in [0.1, 0.15) is 24.4 Å². The second-order valence-corrected chi connectivity index (χ2v) is 5.00. The first-order chi connectivity index (χ1) is 8.85. The van der Waals surface area contributed by atoms with E-state index in [-0.39, 0.29) is 0 Å². The van der Waals surface area contributed by atoms with Gasteiger partial charge < -0.3 is 10.5 Å². The van der Waals surface area contributed by atoms with E-state index in [4.69, 9.17) is 10.5 Å². The molecule has 2 heterocycles. The molecule has 1 aromatic rings. The molecule has 1 aliphatic rings. The average Bonchev–Trinajstić information content (AvgIpc) is 2.42. The zero-order chi connectivity index (χ0) is 12.8. The molecule has 0 spiro atoms. The Morgan fingerprint density at radius 2 is 2.50 bits per heavy atom. The zero-order valence-corrected chi connectivity index (χ0v) is 11.1. The van der Waals surface area contributed by atoms with Gasteiger partial charge in [-0.1, -0.05) is 6.07 Å². The van der Waals surface area contributed by atoms with Crippen molar-refractivity contribution in [2.24, 2.45) is 11.7 Å². The molecule has 1 saturated heterocycles. The molecule has 2 N–H and O–H groups in total. The minimum Gasteiger partial charge on any atom is -0.384 e. The van der Waals surface area contributed by atoms with E-state index in [1.165, 1.54) is 18.4 Å². The summed E-state index contributed by atoms with van der Waals surface area (Å²) >= 11 is 0. The summed E-state index contributed by atoms with van der Waals surface area (Å²) in [5.41, 5.74) is 7.17. The monoisotopic (exact) mass is 249 g/mol. The Morgan fingerprint density at radius 1 is 1.61 bits per heavy atom. The number of hydrogen-bond acceptors (Lipinski definition) is 4. The van der Waals surface area contributed by atoms with Gasteiger partial charge in [-0.2, -0.15) is 0 Å². The van der Waals surface area contributed by atoms with E-state index >= 15 is 0 Å². The number of ether oxygens (including phenoxy) is 1. The SMILES string of the molecule is COCC1CCCN(C(CN)c2cccnc2)C1. The minimum absolute atomic E-state index is 0.290. The van der Waals surface area contributed by atoms with Gasteiger partial charge in [-0.3, -0.25) is 9.88 Å². The number of nitrogens with zero attached hydrogens (tertiary/aromatic N) is 2. The summed E-state index contributed by atoms with van der Waals surface area (Å²) in [7, 11) is 1.78. The van der Waals surface area contributed by atoms with Crippen LogP contribution < -0.4 is 5.73 Å². The first kappa shape index (κ1) is 13.5. The van der Waals surface area contributed by atoms with Crippen molar-refractivity contribution in [3.05, 3.63) is 30.1 Å². The maximum atomic E-state index is 5.95. The van der Waals surface area contributed by atoms with Crippen molar-refractivity contribution in [2.45, 2.75) is 18.9 Å². The van der Waals surface area contributed by atoms with Crippen LogP contribution in [0.2, 0.25) is 0 Å².